The lowest BCUT2D eigenvalue weighted by Gasteiger charge is -2.59. The van der Waals surface area contributed by atoms with Crippen LogP contribution in [0.4, 0.5) is 0 Å². The van der Waals surface area contributed by atoms with Crippen LogP contribution in [0.1, 0.15) is 38.5 Å². The molecule has 1 unspecified atom stereocenters. The first-order valence-corrected chi connectivity index (χ1v) is 8.87. The summed E-state index contributed by atoms with van der Waals surface area (Å²) in [7, 11) is 0. The molecule has 1 atom stereocenters. The van der Waals surface area contributed by atoms with Crippen molar-refractivity contribution in [2.24, 2.45) is 28.9 Å². The fourth-order valence-corrected chi connectivity index (χ4v) is 6.29. The van der Waals surface area contributed by atoms with Crippen LogP contribution in [-0.4, -0.2) is 21.8 Å². The van der Waals surface area contributed by atoms with E-state index >= 15 is 0 Å². The van der Waals surface area contributed by atoms with Crippen molar-refractivity contribution in [1.29, 1.82) is 0 Å². The van der Waals surface area contributed by atoms with Gasteiger partial charge in [0.15, 0.2) is 5.16 Å². The van der Waals surface area contributed by atoms with E-state index in [0.717, 1.165) is 28.7 Å². The predicted molar refractivity (Wildman–Crippen MR) is 81.3 cm³/mol. The highest BCUT2D eigenvalue weighted by Crippen LogP contribution is 2.61. The Labute approximate surface area is 125 Å². The van der Waals surface area contributed by atoms with Crippen LogP contribution in [0, 0.1) is 23.2 Å². The van der Waals surface area contributed by atoms with Crippen molar-refractivity contribution in [2.75, 3.05) is 5.75 Å². The summed E-state index contributed by atoms with van der Waals surface area (Å²) in [5.74, 6) is 3.90. The summed E-state index contributed by atoms with van der Waals surface area (Å²) in [6, 6.07) is 2.17. The van der Waals surface area contributed by atoms with Gasteiger partial charge in [0.1, 0.15) is 0 Å². The Morgan fingerprint density at radius 3 is 2.20 bits per heavy atom. The van der Waals surface area contributed by atoms with E-state index in [1.807, 2.05) is 18.5 Å². The largest absolute Gasteiger partial charge is 0.326 e. The third-order valence-corrected chi connectivity index (χ3v) is 6.80. The highest BCUT2D eigenvalue weighted by atomic mass is 32.2. The summed E-state index contributed by atoms with van der Waals surface area (Å²) >= 11 is 1.73. The highest BCUT2D eigenvalue weighted by molar-refractivity contribution is 7.99. The molecule has 2 N–H and O–H groups in total. The quantitative estimate of drug-likeness (QED) is 0.683. The van der Waals surface area contributed by atoms with Crippen molar-refractivity contribution < 1.29 is 0 Å². The molecular weight excluding hydrogens is 266 g/mol. The van der Waals surface area contributed by atoms with Crippen LogP contribution in [0.2, 0.25) is 0 Å². The number of nitrogens with two attached hydrogens (primary N) is 1. The average Bonchev–Trinajstić information content (AvgIpc) is 2.44. The summed E-state index contributed by atoms with van der Waals surface area (Å²) in [6.45, 7) is 0. The van der Waals surface area contributed by atoms with E-state index in [-0.39, 0.29) is 0 Å². The Bertz CT molecular complexity index is 441. The minimum Gasteiger partial charge on any atom is -0.326 e. The minimum absolute atomic E-state index is 0.310. The lowest BCUT2D eigenvalue weighted by Crippen LogP contribution is -2.55. The van der Waals surface area contributed by atoms with Crippen molar-refractivity contribution >= 4 is 11.8 Å². The van der Waals surface area contributed by atoms with Crippen molar-refractivity contribution in [2.45, 2.75) is 49.7 Å². The maximum atomic E-state index is 6.64. The smallest absolute Gasteiger partial charge is 0.187 e. The zero-order valence-electron chi connectivity index (χ0n) is 11.9. The minimum atomic E-state index is 0.310. The molecule has 20 heavy (non-hydrogen) atoms. The van der Waals surface area contributed by atoms with Gasteiger partial charge >= 0.3 is 0 Å². The summed E-state index contributed by atoms with van der Waals surface area (Å²) in [4.78, 5) is 8.59. The third kappa shape index (κ3) is 2.27. The number of rotatable bonds is 4. The fourth-order valence-electron chi connectivity index (χ4n) is 5.33. The van der Waals surface area contributed by atoms with Gasteiger partial charge in [0.2, 0.25) is 0 Å². The van der Waals surface area contributed by atoms with Gasteiger partial charge < -0.3 is 5.73 Å². The van der Waals surface area contributed by atoms with Crippen molar-refractivity contribution in [3.8, 4) is 0 Å². The molecule has 3 nitrogen and oxygen atoms in total. The van der Waals surface area contributed by atoms with Gasteiger partial charge in [0.05, 0.1) is 0 Å². The Morgan fingerprint density at radius 1 is 1.10 bits per heavy atom. The molecule has 0 aromatic carbocycles. The number of aromatic nitrogens is 2. The van der Waals surface area contributed by atoms with Gasteiger partial charge in [-0.2, -0.15) is 0 Å². The van der Waals surface area contributed by atoms with Crippen LogP contribution in [0.3, 0.4) is 0 Å². The van der Waals surface area contributed by atoms with Crippen LogP contribution in [-0.2, 0) is 0 Å². The van der Waals surface area contributed by atoms with Crippen LogP contribution in [0.15, 0.2) is 23.6 Å². The molecule has 4 heteroatoms. The van der Waals surface area contributed by atoms with Crippen LogP contribution in [0.25, 0.3) is 0 Å². The van der Waals surface area contributed by atoms with E-state index in [9.17, 15) is 0 Å². The van der Waals surface area contributed by atoms with Crippen LogP contribution < -0.4 is 5.73 Å². The number of hydrogen-bond donors (Lipinski definition) is 1. The summed E-state index contributed by atoms with van der Waals surface area (Å²) in [5, 5.41) is 0.868. The molecule has 108 valence electrons. The standard InChI is InChI=1S/C16H23N3S/c17-14(10-20-15-18-2-1-3-19-15)16-7-11-4-12(8-16)6-13(5-11)9-16/h1-3,11-14H,4-10,17H2. The van der Waals surface area contributed by atoms with Crippen molar-refractivity contribution in [1.82, 2.24) is 9.97 Å². The molecule has 4 saturated carbocycles. The summed E-state index contributed by atoms with van der Waals surface area (Å²) < 4.78 is 0. The lowest BCUT2D eigenvalue weighted by atomic mass is 9.48. The molecule has 0 amide bonds. The Balaban J connectivity index is 1.44. The van der Waals surface area contributed by atoms with Gasteiger partial charge in [-0.05, 0) is 67.8 Å². The topological polar surface area (TPSA) is 51.8 Å². The maximum Gasteiger partial charge on any atom is 0.187 e. The summed E-state index contributed by atoms with van der Waals surface area (Å²) in [6.07, 6.45) is 12.2. The van der Waals surface area contributed by atoms with E-state index < -0.39 is 0 Å². The monoisotopic (exact) mass is 289 g/mol. The summed E-state index contributed by atoms with van der Waals surface area (Å²) in [5.41, 5.74) is 7.09. The average molecular weight is 289 g/mol. The maximum absolute atomic E-state index is 6.64. The number of nitrogens with zero attached hydrogens (tertiary/aromatic N) is 2. The first-order chi connectivity index (χ1) is 9.73. The Kier molecular flexibility index (Phi) is 3.26. The molecule has 1 aromatic rings. The van der Waals surface area contributed by atoms with Crippen LogP contribution in [0.5, 0.6) is 0 Å². The van der Waals surface area contributed by atoms with E-state index in [2.05, 4.69) is 9.97 Å². The van der Waals surface area contributed by atoms with Crippen molar-refractivity contribution in [3.63, 3.8) is 0 Å². The zero-order valence-corrected chi connectivity index (χ0v) is 12.7. The van der Waals surface area contributed by atoms with Gasteiger partial charge in [-0.1, -0.05) is 11.8 Å². The van der Waals surface area contributed by atoms with Gasteiger partial charge in [-0.25, -0.2) is 9.97 Å². The SMILES string of the molecule is NC(CSc1ncccn1)C12CC3CC(CC(C3)C1)C2. The second kappa shape index (κ2) is 4.99. The molecule has 1 heterocycles. The normalized spacial score (nSPS) is 40.0. The fraction of sp³-hybridized carbons (Fsp3) is 0.750. The van der Waals surface area contributed by atoms with Gasteiger partial charge in [0, 0.05) is 24.2 Å². The lowest BCUT2D eigenvalue weighted by molar-refractivity contribution is -0.0629. The molecule has 0 spiro atoms. The molecule has 4 aliphatic rings. The zero-order chi connectivity index (χ0) is 13.6. The van der Waals surface area contributed by atoms with E-state index in [4.69, 9.17) is 5.73 Å². The second-order valence-corrected chi connectivity index (χ2v) is 8.22. The predicted octanol–water partition coefficient (Wildman–Crippen LogP) is 3.11. The molecular formula is C16H23N3S. The van der Waals surface area contributed by atoms with Gasteiger partial charge in [0.25, 0.3) is 0 Å². The third-order valence-electron chi connectivity index (χ3n) is 5.81. The van der Waals surface area contributed by atoms with Crippen LogP contribution >= 0.6 is 11.8 Å². The van der Waals surface area contributed by atoms with E-state index in [0.29, 0.717) is 11.5 Å². The molecule has 0 saturated heterocycles. The first-order valence-electron chi connectivity index (χ1n) is 7.89. The second-order valence-electron chi connectivity index (χ2n) is 7.23. The molecule has 0 radical (unpaired) electrons. The Hall–Kier alpha value is -0.610. The molecule has 0 aliphatic heterocycles. The molecule has 5 rings (SSSR count). The van der Waals surface area contributed by atoms with Gasteiger partial charge in [-0.15, -0.1) is 0 Å². The molecule has 4 aliphatic carbocycles. The Morgan fingerprint density at radius 2 is 1.65 bits per heavy atom. The number of thioether (sulfide) groups is 1. The number of hydrogen-bond acceptors (Lipinski definition) is 4. The molecule has 4 bridgehead atoms. The van der Waals surface area contributed by atoms with E-state index in [1.54, 1.807) is 11.8 Å². The van der Waals surface area contributed by atoms with Crippen molar-refractivity contribution in [3.05, 3.63) is 18.5 Å². The first kappa shape index (κ1) is 13.1. The molecule has 1 aromatic heterocycles. The van der Waals surface area contributed by atoms with E-state index in [1.165, 1.54) is 38.5 Å². The molecule has 4 fully saturated rings. The van der Waals surface area contributed by atoms with Gasteiger partial charge in [-0.3, -0.25) is 0 Å². The highest BCUT2D eigenvalue weighted by Gasteiger charge is 2.53.